The lowest BCUT2D eigenvalue weighted by molar-refractivity contribution is 0.0947. The van der Waals surface area contributed by atoms with E-state index in [1.165, 1.54) is 6.20 Å². The highest BCUT2D eigenvalue weighted by molar-refractivity contribution is 9.10. The van der Waals surface area contributed by atoms with Crippen molar-refractivity contribution < 1.29 is 4.79 Å². The zero-order chi connectivity index (χ0) is 15.8. The molecule has 2 rings (SSSR count). The molecule has 116 valence electrons. The topological polar surface area (TPSA) is 66.9 Å². The summed E-state index contributed by atoms with van der Waals surface area (Å²) >= 11 is 3.39. The monoisotopic (exact) mass is 362 g/mol. The fraction of sp³-hybridized carbons (Fsp3) is 0.312. The van der Waals surface area contributed by atoms with E-state index < -0.39 is 0 Å². The molecule has 0 saturated heterocycles. The highest BCUT2D eigenvalue weighted by Crippen LogP contribution is 2.17. The maximum absolute atomic E-state index is 11.9. The second kappa shape index (κ2) is 8.48. The Morgan fingerprint density at radius 2 is 1.91 bits per heavy atom. The maximum Gasteiger partial charge on any atom is 0.271 e. The average Bonchev–Trinajstić information content (AvgIpc) is 2.54. The molecule has 6 heteroatoms. The number of carbonyl (C=O) groups excluding carboxylic acids is 1. The second-order valence-electron chi connectivity index (χ2n) is 4.88. The van der Waals surface area contributed by atoms with E-state index in [0.29, 0.717) is 18.1 Å². The van der Waals surface area contributed by atoms with Crippen molar-refractivity contribution in [3.63, 3.8) is 0 Å². The van der Waals surface area contributed by atoms with E-state index in [4.69, 9.17) is 0 Å². The number of benzene rings is 1. The zero-order valence-electron chi connectivity index (χ0n) is 12.5. The first kappa shape index (κ1) is 16.4. The second-order valence-corrected chi connectivity index (χ2v) is 5.80. The number of anilines is 2. The van der Waals surface area contributed by atoms with Gasteiger partial charge in [0.1, 0.15) is 11.5 Å². The zero-order valence-corrected chi connectivity index (χ0v) is 14.1. The van der Waals surface area contributed by atoms with Gasteiger partial charge >= 0.3 is 0 Å². The van der Waals surface area contributed by atoms with Crippen molar-refractivity contribution >= 4 is 33.3 Å². The Kier molecular flexibility index (Phi) is 6.33. The van der Waals surface area contributed by atoms with Crippen molar-refractivity contribution in [2.24, 2.45) is 0 Å². The summed E-state index contributed by atoms with van der Waals surface area (Å²) in [5.74, 6) is 0.420. The lowest BCUT2D eigenvalue weighted by atomic mass is 10.2. The number of unbranched alkanes of at least 4 members (excludes halogenated alkanes) is 2. The Morgan fingerprint density at radius 1 is 1.14 bits per heavy atom. The van der Waals surface area contributed by atoms with Gasteiger partial charge in [0.2, 0.25) is 0 Å². The Bertz CT molecular complexity index is 599. The molecule has 1 amide bonds. The minimum atomic E-state index is -0.182. The van der Waals surface area contributed by atoms with Crippen molar-refractivity contribution in [1.82, 2.24) is 15.3 Å². The van der Waals surface area contributed by atoms with Crippen LogP contribution in [0, 0.1) is 0 Å². The van der Waals surface area contributed by atoms with Gasteiger partial charge in [-0.2, -0.15) is 0 Å². The summed E-state index contributed by atoms with van der Waals surface area (Å²) in [6, 6.07) is 7.74. The van der Waals surface area contributed by atoms with Crippen molar-refractivity contribution in [2.75, 3.05) is 11.9 Å². The first-order valence-corrected chi connectivity index (χ1v) is 8.11. The lowest BCUT2D eigenvalue weighted by Gasteiger charge is -2.07. The molecule has 0 aliphatic rings. The van der Waals surface area contributed by atoms with E-state index in [9.17, 15) is 4.79 Å². The third-order valence-electron chi connectivity index (χ3n) is 3.07. The molecule has 0 saturated carbocycles. The van der Waals surface area contributed by atoms with Gasteiger partial charge in [0.05, 0.1) is 12.4 Å². The standard InChI is InChI=1S/C16H19BrN4O/c1-2-3-4-9-18-16(22)14-10-20-15(11-19-14)21-13-7-5-12(17)6-8-13/h5-8,10-11H,2-4,9H2,1H3,(H,18,22)(H,20,21). The molecule has 0 aliphatic heterocycles. The van der Waals surface area contributed by atoms with Crippen LogP contribution in [0.1, 0.15) is 36.7 Å². The highest BCUT2D eigenvalue weighted by Gasteiger charge is 2.07. The van der Waals surface area contributed by atoms with Gasteiger partial charge in [0, 0.05) is 16.7 Å². The number of carbonyl (C=O) groups is 1. The van der Waals surface area contributed by atoms with E-state index in [2.05, 4.69) is 43.5 Å². The number of nitrogens with one attached hydrogen (secondary N) is 2. The summed E-state index contributed by atoms with van der Waals surface area (Å²) in [4.78, 5) is 20.2. The van der Waals surface area contributed by atoms with Gasteiger partial charge in [-0.3, -0.25) is 4.79 Å². The number of rotatable bonds is 7. The molecule has 22 heavy (non-hydrogen) atoms. The minimum absolute atomic E-state index is 0.182. The van der Waals surface area contributed by atoms with Crippen LogP contribution < -0.4 is 10.6 Å². The molecule has 0 fully saturated rings. The maximum atomic E-state index is 11.9. The van der Waals surface area contributed by atoms with Gasteiger partial charge in [-0.15, -0.1) is 0 Å². The van der Waals surface area contributed by atoms with Crippen molar-refractivity contribution in [3.05, 3.63) is 46.8 Å². The summed E-state index contributed by atoms with van der Waals surface area (Å²) < 4.78 is 1.01. The average molecular weight is 363 g/mol. The van der Waals surface area contributed by atoms with Gasteiger partial charge in [-0.05, 0) is 30.7 Å². The molecule has 0 bridgehead atoms. The quantitative estimate of drug-likeness (QED) is 0.732. The van der Waals surface area contributed by atoms with Crippen molar-refractivity contribution in [2.45, 2.75) is 26.2 Å². The van der Waals surface area contributed by atoms with E-state index in [0.717, 1.165) is 29.4 Å². The molecular formula is C16H19BrN4O. The van der Waals surface area contributed by atoms with Gasteiger partial charge in [0.25, 0.3) is 5.91 Å². The van der Waals surface area contributed by atoms with Crippen LogP contribution in [0.5, 0.6) is 0 Å². The number of hydrogen-bond donors (Lipinski definition) is 2. The van der Waals surface area contributed by atoms with E-state index in [-0.39, 0.29) is 5.91 Å². The predicted molar refractivity (Wildman–Crippen MR) is 91.3 cm³/mol. The molecule has 0 unspecified atom stereocenters. The summed E-state index contributed by atoms with van der Waals surface area (Å²) in [6.45, 7) is 2.80. The predicted octanol–water partition coefficient (Wildman–Crippen LogP) is 3.90. The molecule has 0 spiro atoms. The highest BCUT2D eigenvalue weighted by atomic mass is 79.9. The summed E-state index contributed by atoms with van der Waals surface area (Å²) in [6.07, 6.45) is 6.27. The summed E-state index contributed by atoms with van der Waals surface area (Å²) in [7, 11) is 0. The molecule has 0 atom stereocenters. The third kappa shape index (κ3) is 5.11. The Hall–Kier alpha value is -1.95. The van der Waals surface area contributed by atoms with E-state index in [1.54, 1.807) is 6.20 Å². The summed E-state index contributed by atoms with van der Waals surface area (Å²) in [5, 5.41) is 5.97. The van der Waals surface area contributed by atoms with Crippen LogP contribution >= 0.6 is 15.9 Å². The first-order chi connectivity index (χ1) is 10.7. The van der Waals surface area contributed by atoms with Crippen molar-refractivity contribution in [3.8, 4) is 0 Å². The normalized spacial score (nSPS) is 10.3. The number of aromatic nitrogens is 2. The van der Waals surface area contributed by atoms with Gasteiger partial charge < -0.3 is 10.6 Å². The van der Waals surface area contributed by atoms with Crippen LogP contribution in [0.4, 0.5) is 11.5 Å². The van der Waals surface area contributed by atoms with Crippen LogP contribution in [-0.4, -0.2) is 22.4 Å². The van der Waals surface area contributed by atoms with Gasteiger partial charge in [-0.1, -0.05) is 35.7 Å². The number of amides is 1. The molecule has 2 N–H and O–H groups in total. The molecule has 2 aromatic rings. The molecule has 0 radical (unpaired) electrons. The number of hydrogen-bond acceptors (Lipinski definition) is 4. The third-order valence-corrected chi connectivity index (χ3v) is 3.60. The smallest absolute Gasteiger partial charge is 0.271 e. The Balaban J connectivity index is 1.89. The molecule has 1 heterocycles. The van der Waals surface area contributed by atoms with Crippen LogP contribution in [0.25, 0.3) is 0 Å². The minimum Gasteiger partial charge on any atom is -0.351 e. The van der Waals surface area contributed by atoms with Crippen molar-refractivity contribution in [1.29, 1.82) is 0 Å². The fourth-order valence-electron chi connectivity index (χ4n) is 1.86. The Labute approximate surface area is 138 Å². The Morgan fingerprint density at radius 3 is 2.55 bits per heavy atom. The van der Waals surface area contributed by atoms with E-state index in [1.807, 2.05) is 24.3 Å². The van der Waals surface area contributed by atoms with Crippen LogP contribution in [0.3, 0.4) is 0 Å². The van der Waals surface area contributed by atoms with Crippen LogP contribution in [0.2, 0.25) is 0 Å². The SMILES string of the molecule is CCCCCNC(=O)c1cnc(Nc2ccc(Br)cc2)cn1. The van der Waals surface area contributed by atoms with Crippen LogP contribution in [-0.2, 0) is 0 Å². The van der Waals surface area contributed by atoms with Crippen LogP contribution in [0.15, 0.2) is 41.1 Å². The van der Waals surface area contributed by atoms with Gasteiger partial charge in [-0.25, -0.2) is 9.97 Å². The number of nitrogens with zero attached hydrogens (tertiary/aromatic N) is 2. The lowest BCUT2D eigenvalue weighted by Crippen LogP contribution is -2.25. The molecule has 1 aromatic heterocycles. The fourth-order valence-corrected chi connectivity index (χ4v) is 2.12. The summed E-state index contributed by atoms with van der Waals surface area (Å²) in [5.41, 5.74) is 1.24. The number of halogens is 1. The molecular weight excluding hydrogens is 344 g/mol. The van der Waals surface area contributed by atoms with E-state index >= 15 is 0 Å². The molecule has 0 aliphatic carbocycles. The van der Waals surface area contributed by atoms with Gasteiger partial charge in [0.15, 0.2) is 0 Å². The molecule has 1 aromatic carbocycles. The molecule has 5 nitrogen and oxygen atoms in total. The first-order valence-electron chi connectivity index (χ1n) is 7.32. The largest absolute Gasteiger partial charge is 0.351 e.